The summed E-state index contributed by atoms with van der Waals surface area (Å²) >= 11 is 8.74. The van der Waals surface area contributed by atoms with Gasteiger partial charge in [-0.1, -0.05) is 65.8 Å². The minimum atomic E-state index is -0.194. The van der Waals surface area contributed by atoms with Gasteiger partial charge in [-0.25, -0.2) is 4.98 Å². The zero-order valence-corrected chi connectivity index (χ0v) is 17.6. The van der Waals surface area contributed by atoms with Crippen LogP contribution in [0.3, 0.4) is 0 Å². The van der Waals surface area contributed by atoms with E-state index in [-0.39, 0.29) is 11.7 Å². The van der Waals surface area contributed by atoms with E-state index in [0.29, 0.717) is 26.8 Å². The van der Waals surface area contributed by atoms with Gasteiger partial charge in [-0.05, 0) is 19.1 Å². The fraction of sp³-hybridized carbons (Fsp3) is 0.100. The molecule has 4 rings (SSSR count). The molecule has 29 heavy (non-hydrogen) atoms. The van der Waals surface area contributed by atoms with Crippen LogP contribution in [-0.4, -0.2) is 26.8 Å². The van der Waals surface area contributed by atoms with Gasteiger partial charge in [0.05, 0.1) is 22.0 Å². The minimum absolute atomic E-state index is 0.128. The topological polar surface area (TPSA) is 80.9 Å². The Morgan fingerprint density at radius 3 is 2.69 bits per heavy atom. The van der Waals surface area contributed by atoms with Gasteiger partial charge in [-0.15, -0.1) is 21.5 Å². The molecular formula is C20H15ClN4O2S2. The maximum Gasteiger partial charge on any atom is 0.277 e. The summed E-state index contributed by atoms with van der Waals surface area (Å²) in [6.07, 6.45) is 0. The lowest BCUT2D eigenvalue weighted by atomic mass is 10.1. The standard InChI is InChI=1S/C20H15ClN4O2S2/c1-12-17(13-7-3-2-4-8-13)23-19(29-12)22-16(26)11-28-20-25-24-18(27-20)14-9-5-6-10-15(14)21/h2-10H,11H2,1H3,(H,22,23,26). The summed E-state index contributed by atoms with van der Waals surface area (Å²) < 4.78 is 5.60. The van der Waals surface area contributed by atoms with Crippen LogP contribution in [0.15, 0.2) is 64.2 Å². The molecule has 1 N–H and O–H groups in total. The molecule has 2 aromatic heterocycles. The van der Waals surface area contributed by atoms with Gasteiger partial charge in [-0.3, -0.25) is 4.79 Å². The molecule has 9 heteroatoms. The molecule has 0 unspecified atom stereocenters. The lowest BCUT2D eigenvalue weighted by Gasteiger charge is -2.00. The van der Waals surface area contributed by atoms with E-state index in [0.717, 1.165) is 27.9 Å². The summed E-state index contributed by atoms with van der Waals surface area (Å²) in [6, 6.07) is 17.1. The SMILES string of the molecule is Cc1sc(NC(=O)CSc2nnc(-c3ccccc3Cl)o2)nc1-c1ccccc1. The van der Waals surface area contributed by atoms with E-state index in [1.54, 1.807) is 12.1 Å². The van der Waals surface area contributed by atoms with Crippen LogP contribution in [-0.2, 0) is 4.79 Å². The Labute approximate surface area is 180 Å². The number of halogens is 1. The molecule has 0 atom stereocenters. The van der Waals surface area contributed by atoms with Gasteiger partial charge >= 0.3 is 0 Å². The van der Waals surface area contributed by atoms with Gasteiger partial charge in [0, 0.05) is 10.4 Å². The van der Waals surface area contributed by atoms with Gasteiger partial charge in [-0.2, -0.15) is 0 Å². The number of aromatic nitrogens is 3. The number of carbonyl (C=O) groups is 1. The quantitative estimate of drug-likeness (QED) is 0.394. The lowest BCUT2D eigenvalue weighted by molar-refractivity contribution is -0.113. The average Bonchev–Trinajstić information content (AvgIpc) is 3.34. The Morgan fingerprint density at radius 2 is 1.90 bits per heavy atom. The molecule has 0 saturated heterocycles. The third-order valence-electron chi connectivity index (χ3n) is 3.93. The number of amides is 1. The molecule has 0 radical (unpaired) electrons. The van der Waals surface area contributed by atoms with E-state index < -0.39 is 0 Å². The lowest BCUT2D eigenvalue weighted by Crippen LogP contribution is -2.13. The first-order chi connectivity index (χ1) is 14.1. The van der Waals surface area contributed by atoms with Crippen molar-refractivity contribution < 1.29 is 9.21 Å². The number of hydrogen-bond acceptors (Lipinski definition) is 7. The van der Waals surface area contributed by atoms with Gasteiger partial charge in [0.25, 0.3) is 5.22 Å². The van der Waals surface area contributed by atoms with Crippen LogP contribution in [0.1, 0.15) is 4.88 Å². The van der Waals surface area contributed by atoms with Gasteiger partial charge in [0.2, 0.25) is 11.8 Å². The number of rotatable bonds is 6. The Bertz CT molecular complexity index is 1140. The first-order valence-electron chi connectivity index (χ1n) is 8.64. The average molecular weight is 443 g/mol. The molecule has 0 saturated carbocycles. The zero-order chi connectivity index (χ0) is 20.2. The molecule has 0 bridgehead atoms. The van der Waals surface area contributed by atoms with Crippen molar-refractivity contribution in [2.75, 3.05) is 11.1 Å². The normalized spacial score (nSPS) is 10.8. The second kappa shape index (κ2) is 8.77. The molecular weight excluding hydrogens is 428 g/mol. The number of benzene rings is 2. The molecule has 4 aromatic rings. The summed E-state index contributed by atoms with van der Waals surface area (Å²) in [6.45, 7) is 1.99. The van der Waals surface area contributed by atoms with Crippen LogP contribution in [0, 0.1) is 6.92 Å². The van der Waals surface area contributed by atoms with Crippen LogP contribution in [0.2, 0.25) is 5.02 Å². The molecule has 2 heterocycles. The third kappa shape index (κ3) is 4.67. The zero-order valence-electron chi connectivity index (χ0n) is 15.3. The molecule has 146 valence electrons. The van der Waals surface area contributed by atoms with Gasteiger partial charge in [0.15, 0.2) is 5.13 Å². The number of hydrogen-bond donors (Lipinski definition) is 1. The number of thiazole rings is 1. The molecule has 0 aliphatic rings. The smallest absolute Gasteiger partial charge is 0.277 e. The van der Waals surface area contributed by atoms with Crippen LogP contribution in [0.5, 0.6) is 0 Å². The second-order valence-corrected chi connectivity index (χ2v) is 8.52. The summed E-state index contributed by atoms with van der Waals surface area (Å²) in [5.41, 5.74) is 2.55. The number of nitrogens with zero attached hydrogens (tertiary/aromatic N) is 3. The maximum absolute atomic E-state index is 12.3. The van der Waals surface area contributed by atoms with Gasteiger partial charge in [0.1, 0.15) is 0 Å². The number of aryl methyl sites for hydroxylation is 1. The second-order valence-electron chi connectivity index (χ2n) is 5.98. The molecule has 2 aromatic carbocycles. The van der Waals surface area contributed by atoms with E-state index in [4.69, 9.17) is 16.0 Å². The molecule has 0 aliphatic heterocycles. The minimum Gasteiger partial charge on any atom is -0.411 e. The largest absolute Gasteiger partial charge is 0.411 e. The Kier molecular flexibility index (Phi) is 5.94. The highest BCUT2D eigenvalue weighted by Gasteiger charge is 2.15. The highest BCUT2D eigenvalue weighted by Crippen LogP contribution is 2.31. The molecule has 0 aliphatic carbocycles. The van der Waals surface area contributed by atoms with Crippen molar-refractivity contribution in [2.24, 2.45) is 0 Å². The van der Waals surface area contributed by atoms with E-state index >= 15 is 0 Å². The molecule has 6 nitrogen and oxygen atoms in total. The maximum atomic E-state index is 12.3. The third-order valence-corrected chi connectivity index (χ3v) is 5.96. The van der Waals surface area contributed by atoms with Crippen LogP contribution < -0.4 is 5.32 Å². The Balaban J connectivity index is 1.37. The fourth-order valence-corrected chi connectivity index (χ4v) is 4.24. The Hall–Kier alpha value is -2.68. The first-order valence-corrected chi connectivity index (χ1v) is 10.8. The highest BCUT2D eigenvalue weighted by atomic mass is 35.5. The molecule has 0 fully saturated rings. The molecule has 1 amide bonds. The number of anilines is 1. The van der Waals surface area contributed by atoms with E-state index in [2.05, 4.69) is 20.5 Å². The van der Waals surface area contributed by atoms with Crippen LogP contribution in [0.25, 0.3) is 22.7 Å². The number of carbonyl (C=O) groups excluding carboxylic acids is 1. The first kappa shape index (κ1) is 19.6. The summed E-state index contributed by atoms with van der Waals surface area (Å²) in [5.74, 6) is 0.256. The van der Waals surface area contributed by atoms with Crippen molar-refractivity contribution in [3.8, 4) is 22.7 Å². The van der Waals surface area contributed by atoms with Gasteiger partial charge < -0.3 is 9.73 Å². The van der Waals surface area contributed by atoms with E-state index in [9.17, 15) is 4.79 Å². The summed E-state index contributed by atoms with van der Waals surface area (Å²) in [5, 5.41) is 12.2. The summed E-state index contributed by atoms with van der Waals surface area (Å²) in [7, 11) is 0. The van der Waals surface area contributed by atoms with Crippen molar-refractivity contribution in [2.45, 2.75) is 12.1 Å². The Morgan fingerprint density at radius 1 is 1.14 bits per heavy atom. The van der Waals surface area contributed by atoms with Crippen molar-refractivity contribution >= 4 is 45.7 Å². The van der Waals surface area contributed by atoms with E-state index in [1.165, 1.54) is 11.3 Å². The predicted octanol–water partition coefficient (Wildman–Crippen LogP) is 5.55. The molecule has 0 spiro atoms. The number of thioether (sulfide) groups is 1. The summed E-state index contributed by atoms with van der Waals surface area (Å²) in [4.78, 5) is 17.9. The van der Waals surface area contributed by atoms with Crippen LogP contribution >= 0.6 is 34.7 Å². The monoisotopic (exact) mass is 442 g/mol. The predicted molar refractivity (Wildman–Crippen MR) is 116 cm³/mol. The highest BCUT2D eigenvalue weighted by molar-refractivity contribution is 7.99. The van der Waals surface area contributed by atoms with Crippen molar-refractivity contribution in [1.82, 2.24) is 15.2 Å². The fourth-order valence-electron chi connectivity index (χ4n) is 2.61. The number of nitrogens with one attached hydrogen (secondary N) is 1. The van der Waals surface area contributed by atoms with Crippen molar-refractivity contribution in [1.29, 1.82) is 0 Å². The van der Waals surface area contributed by atoms with E-state index in [1.807, 2.05) is 49.4 Å². The van der Waals surface area contributed by atoms with Crippen molar-refractivity contribution in [3.63, 3.8) is 0 Å². The van der Waals surface area contributed by atoms with Crippen LogP contribution in [0.4, 0.5) is 5.13 Å². The van der Waals surface area contributed by atoms with Crippen molar-refractivity contribution in [3.05, 3.63) is 64.5 Å².